The molecule has 0 radical (unpaired) electrons. The Bertz CT molecular complexity index is 734. The summed E-state index contributed by atoms with van der Waals surface area (Å²) in [7, 11) is 1.70. The number of nitrogens with zero attached hydrogens (tertiary/aromatic N) is 2. The van der Waals surface area contributed by atoms with Crippen molar-refractivity contribution in [1.82, 2.24) is 4.90 Å². The normalized spacial score (nSPS) is 16.6. The van der Waals surface area contributed by atoms with E-state index in [9.17, 15) is 9.18 Å². The number of carbonyl (C=O) groups excluding carboxylic acids is 1. The summed E-state index contributed by atoms with van der Waals surface area (Å²) in [4.78, 5) is 16.1. The molecule has 24 heavy (non-hydrogen) atoms. The van der Waals surface area contributed by atoms with Gasteiger partial charge in [-0.05, 0) is 24.1 Å². The summed E-state index contributed by atoms with van der Waals surface area (Å²) >= 11 is 0. The molecular formula is C19H22FN3O. The number of hydrogen-bond acceptors (Lipinski definition) is 3. The Balaban J connectivity index is 1.69. The zero-order valence-corrected chi connectivity index (χ0v) is 13.8. The molecule has 2 aromatic carbocycles. The fourth-order valence-electron chi connectivity index (χ4n) is 3.12. The Morgan fingerprint density at radius 3 is 2.75 bits per heavy atom. The molecule has 126 valence electrons. The van der Waals surface area contributed by atoms with Gasteiger partial charge >= 0.3 is 0 Å². The fourth-order valence-corrected chi connectivity index (χ4v) is 3.12. The summed E-state index contributed by atoms with van der Waals surface area (Å²) in [6.45, 7) is 1.15. The molecule has 0 saturated heterocycles. The average Bonchev–Trinajstić information content (AvgIpc) is 2.56. The van der Waals surface area contributed by atoms with Crippen LogP contribution < -0.4 is 10.6 Å². The van der Waals surface area contributed by atoms with Gasteiger partial charge in [-0.15, -0.1) is 0 Å². The Kier molecular flexibility index (Phi) is 4.81. The molecule has 1 amide bonds. The molecule has 3 rings (SSSR count). The van der Waals surface area contributed by atoms with Crippen LogP contribution in [0.1, 0.15) is 11.1 Å². The molecule has 1 aliphatic heterocycles. The monoisotopic (exact) mass is 327 g/mol. The van der Waals surface area contributed by atoms with Crippen molar-refractivity contribution in [1.29, 1.82) is 0 Å². The van der Waals surface area contributed by atoms with Gasteiger partial charge in [0, 0.05) is 37.4 Å². The number of likely N-dealkylation sites (N-methyl/N-ethyl adjacent to an activating group) is 1. The van der Waals surface area contributed by atoms with E-state index in [-0.39, 0.29) is 30.9 Å². The smallest absolute Gasteiger partial charge is 0.242 e. The highest BCUT2D eigenvalue weighted by Gasteiger charge is 2.24. The molecular weight excluding hydrogens is 305 g/mol. The first-order valence-electron chi connectivity index (χ1n) is 8.10. The van der Waals surface area contributed by atoms with Crippen molar-refractivity contribution in [3.05, 3.63) is 65.5 Å². The molecule has 0 spiro atoms. The molecule has 2 aromatic rings. The highest BCUT2D eigenvalue weighted by atomic mass is 19.1. The number of para-hydroxylation sites is 1. The predicted octanol–water partition coefficient (Wildman–Crippen LogP) is 2.17. The molecule has 5 heteroatoms. The van der Waals surface area contributed by atoms with Crippen LogP contribution in [-0.2, 0) is 17.8 Å². The molecule has 1 aliphatic rings. The van der Waals surface area contributed by atoms with Gasteiger partial charge in [0.1, 0.15) is 5.82 Å². The standard InChI is InChI=1S/C19H22FN3O/c1-22(11-15-7-2-4-8-17(15)20)19(24)13-23-12-16(21)10-14-6-3-5-9-18(14)23/h2-9,16H,10-13,21H2,1H3. The van der Waals surface area contributed by atoms with Crippen molar-refractivity contribution in [2.24, 2.45) is 5.73 Å². The van der Waals surface area contributed by atoms with Gasteiger partial charge in [0.05, 0.1) is 6.54 Å². The number of halogens is 1. The van der Waals surface area contributed by atoms with E-state index in [1.165, 1.54) is 11.6 Å². The molecule has 1 heterocycles. The number of carbonyl (C=O) groups is 1. The van der Waals surface area contributed by atoms with Crippen LogP contribution in [0.4, 0.5) is 10.1 Å². The van der Waals surface area contributed by atoms with Gasteiger partial charge in [-0.2, -0.15) is 0 Å². The van der Waals surface area contributed by atoms with Crippen LogP contribution in [0.2, 0.25) is 0 Å². The van der Waals surface area contributed by atoms with Crippen molar-refractivity contribution in [2.75, 3.05) is 25.0 Å². The Labute approximate surface area is 141 Å². The average molecular weight is 327 g/mol. The number of amides is 1. The predicted molar refractivity (Wildman–Crippen MR) is 93.2 cm³/mol. The summed E-state index contributed by atoms with van der Waals surface area (Å²) in [5.74, 6) is -0.343. The van der Waals surface area contributed by atoms with Gasteiger partial charge < -0.3 is 15.5 Å². The Hall–Kier alpha value is -2.40. The van der Waals surface area contributed by atoms with Crippen molar-refractivity contribution < 1.29 is 9.18 Å². The molecule has 1 unspecified atom stereocenters. The lowest BCUT2D eigenvalue weighted by Gasteiger charge is -2.35. The van der Waals surface area contributed by atoms with Crippen molar-refractivity contribution in [3.8, 4) is 0 Å². The van der Waals surface area contributed by atoms with Crippen LogP contribution in [0.15, 0.2) is 48.5 Å². The highest BCUT2D eigenvalue weighted by Crippen LogP contribution is 2.26. The molecule has 0 saturated carbocycles. The van der Waals surface area contributed by atoms with E-state index in [0.717, 1.165) is 12.1 Å². The number of fused-ring (bicyclic) bond motifs is 1. The third-order valence-electron chi connectivity index (χ3n) is 4.39. The summed E-state index contributed by atoms with van der Waals surface area (Å²) < 4.78 is 13.8. The lowest BCUT2D eigenvalue weighted by atomic mass is 9.98. The second-order valence-electron chi connectivity index (χ2n) is 6.31. The Morgan fingerprint density at radius 1 is 1.25 bits per heavy atom. The maximum absolute atomic E-state index is 13.8. The second-order valence-corrected chi connectivity index (χ2v) is 6.31. The molecule has 0 bridgehead atoms. The van der Waals surface area contributed by atoms with Crippen molar-refractivity contribution in [2.45, 2.75) is 19.0 Å². The SMILES string of the molecule is CN(Cc1ccccc1F)C(=O)CN1CC(N)Cc2ccccc21. The van der Waals surface area contributed by atoms with E-state index in [2.05, 4.69) is 6.07 Å². The van der Waals surface area contributed by atoms with Crippen LogP contribution >= 0.6 is 0 Å². The number of benzene rings is 2. The lowest BCUT2D eigenvalue weighted by Crippen LogP contribution is -2.47. The van der Waals surface area contributed by atoms with Crippen LogP contribution in [0.5, 0.6) is 0 Å². The minimum absolute atomic E-state index is 0.0181. The van der Waals surface area contributed by atoms with Crippen LogP contribution in [-0.4, -0.2) is 37.0 Å². The van der Waals surface area contributed by atoms with Crippen molar-refractivity contribution in [3.63, 3.8) is 0 Å². The fraction of sp³-hybridized carbons (Fsp3) is 0.316. The van der Waals surface area contributed by atoms with E-state index in [1.807, 2.05) is 23.1 Å². The van der Waals surface area contributed by atoms with Gasteiger partial charge in [-0.25, -0.2) is 4.39 Å². The largest absolute Gasteiger partial charge is 0.360 e. The zero-order chi connectivity index (χ0) is 17.1. The highest BCUT2D eigenvalue weighted by molar-refractivity contribution is 5.82. The Morgan fingerprint density at radius 2 is 1.96 bits per heavy atom. The molecule has 0 aliphatic carbocycles. The zero-order valence-electron chi connectivity index (χ0n) is 13.8. The van der Waals surface area contributed by atoms with E-state index in [1.54, 1.807) is 30.1 Å². The summed E-state index contributed by atoms with van der Waals surface area (Å²) in [5.41, 5.74) is 8.87. The minimum atomic E-state index is -0.289. The summed E-state index contributed by atoms with van der Waals surface area (Å²) in [6.07, 6.45) is 0.825. The molecule has 1 atom stereocenters. The summed E-state index contributed by atoms with van der Waals surface area (Å²) in [5, 5.41) is 0. The first-order chi connectivity index (χ1) is 11.5. The number of hydrogen-bond donors (Lipinski definition) is 1. The van der Waals surface area contributed by atoms with Crippen molar-refractivity contribution >= 4 is 11.6 Å². The van der Waals surface area contributed by atoms with Gasteiger partial charge in [-0.3, -0.25) is 4.79 Å². The first kappa shape index (κ1) is 16.5. The maximum atomic E-state index is 13.8. The van der Waals surface area contributed by atoms with E-state index >= 15 is 0 Å². The van der Waals surface area contributed by atoms with Crippen LogP contribution in [0.3, 0.4) is 0 Å². The quantitative estimate of drug-likeness (QED) is 0.936. The molecule has 0 aromatic heterocycles. The van der Waals surface area contributed by atoms with E-state index in [4.69, 9.17) is 5.73 Å². The lowest BCUT2D eigenvalue weighted by molar-refractivity contribution is -0.129. The number of nitrogens with two attached hydrogens (primary N) is 1. The van der Waals surface area contributed by atoms with Gasteiger partial charge in [0.15, 0.2) is 0 Å². The molecule has 0 fully saturated rings. The minimum Gasteiger partial charge on any atom is -0.360 e. The van der Waals surface area contributed by atoms with Crippen LogP contribution in [0, 0.1) is 5.82 Å². The van der Waals surface area contributed by atoms with Crippen LogP contribution in [0.25, 0.3) is 0 Å². The maximum Gasteiger partial charge on any atom is 0.242 e. The van der Waals surface area contributed by atoms with Gasteiger partial charge in [0.2, 0.25) is 5.91 Å². The van der Waals surface area contributed by atoms with E-state index in [0.29, 0.717) is 12.1 Å². The third kappa shape index (κ3) is 3.57. The topological polar surface area (TPSA) is 49.6 Å². The van der Waals surface area contributed by atoms with Gasteiger partial charge in [0.25, 0.3) is 0 Å². The second kappa shape index (κ2) is 7.01. The molecule has 4 nitrogen and oxygen atoms in total. The first-order valence-corrected chi connectivity index (χ1v) is 8.10. The number of anilines is 1. The summed E-state index contributed by atoms with van der Waals surface area (Å²) in [6, 6.07) is 14.6. The number of rotatable bonds is 4. The van der Waals surface area contributed by atoms with Gasteiger partial charge in [-0.1, -0.05) is 36.4 Å². The molecule has 2 N–H and O–H groups in total. The van der Waals surface area contributed by atoms with E-state index < -0.39 is 0 Å². The third-order valence-corrected chi connectivity index (χ3v) is 4.39.